The fourth-order valence-electron chi connectivity index (χ4n) is 6.59. The van der Waals surface area contributed by atoms with Crippen molar-refractivity contribution in [3.63, 3.8) is 0 Å². The topological polar surface area (TPSA) is 66.0 Å². The summed E-state index contributed by atoms with van der Waals surface area (Å²) >= 11 is 0. The van der Waals surface area contributed by atoms with Gasteiger partial charge < -0.3 is 15.5 Å². The minimum atomic E-state index is 0.0794. The Balaban J connectivity index is 1.16. The minimum absolute atomic E-state index is 0.0794. The highest BCUT2D eigenvalue weighted by Gasteiger charge is 2.53. The first-order valence-corrected chi connectivity index (χ1v) is 10.6. The van der Waals surface area contributed by atoms with Crippen molar-refractivity contribution in [2.45, 2.75) is 56.9 Å². The van der Waals surface area contributed by atoms with Crippen molar-refractivity contribution in [1.29, 1.82) is 0 Å². The van der Waals surface area contributed by atoms with Crippen molar-refractivity contribution in [1.82, 2.24) is 0 Å². The summed E-state index contributed by atoms with van der Waals surface area (Å²) in [6, 6.07) is 7.68. The third-order valence-electron chi connectivity index (χ3n) is 7.34. The molecule has 5 heteroatoms. The standard InChI is InChI=1S/C22H29N3O2/c26-20(14-23-22-11-15-8-16(12-22)10-17(9-15)13-22)24-18-3-5-19(6-4-18)25-7-1-2-21(25)27/h3-6,15-17,23H,1-2,7-14H2,(H,24,26)/p+1. The number of amides is 2. The second-order valence-electron chi connectivity index (χ2n) is 9.43. The van der Waals surface area contributed by atoms with Gasteiger partial charge in [-0.3, -0.25) is 9.59 Å². The Bertz CT molecular complexity index is 707. The Morgan fingerprint density at radius 3 is 2.26 bits per heavy atom. The zero-order valence-electron chi connectivity index (χ0n) is 16.0. The molecule has 4 bridgehead atoms. The van der Waals surface area contributed by atoms with Crippen LogP contribution in [0.15, 0.2) is 24.3 Å². The van der Waals surface area contributed by atoms with E-state index < -0.39 is 0 Å². The molecule has 0 radical (unpaired) electrons. The number of carbonyl (C=O) groups is 2. The van der Waals surface area contributed by atoms with Crippen LogP contribution in [0.3, 0.4) is 0 Å². The second-order valence-corrected chi connectivity index (χ2v) is 9.43. The third-order valence-corrected chi connectivity index (χ3v) is 7.34. The fourth-order valence-corrected chi connectivity index (χ4v) is 6.59. The molecule has 4 saturated carbocycles. The smallest absolute Gasteiger partial charge is 0.279 e. The average Bonchev–Trinajstić information content (AvgIpc) is 3.06. The summed E-state index contributed by atoms with van der Waals surface area (Å²) in [7, 11) is 0. The number of nitrogens with one attached hydrogen (secondary N) is 1. The van der Waals surface area contributed by atoms with E-state index in [4.69, 9.17) is 0 Å². The van der Waals surface area contributed by atoms with Gasteiger partial charge in [0.15, 0.2) is 6.54 Å². The number of hydrogen-bond donors (Lipinski definition) is 2. The Morgan fingerprint density at radius 2 is 1.70 bits per heavy atom. The number of nitrogens with zero attached hydrogens (tertiary/aromatic N) is 1. The molecule has 0 unspecified atom stereocenters. The lowest BCUT2D eigenvalue weighted by molar-refractivity contribution is -0.729. The van der Waals surface area contributed by atoms with Gasteiger partial charge in [0.25, 0.3) is 5.91 Å². The van der Waals surface area contributed by atoms with Crippen molar-refractivity contribution >= 4 is 23.2 Å². The number of anilines is 2. The van der Waals surface area contributed by atoms with E-state index in [1.807, 2.05) is 29.2 Å². The molecular formula is C22H30N3O2+. The van der Waals surface area contributed by atoms with Gasteiger partial charge in [-0.2, -0.15) is 0 Å². The van der Waals surface area contributed by atoms with Crippen LogP contribution in [0.2, 0.25) is 0 Å². The third kappa shape index (κ3) is 3.38. The Morgan fingerprint density at radius 1 is 1.07 bits per heavy atom. The van der Waals surface area contributed by atoms with Crippen LogP contribution >= 0.6 is 0 Å². The summed E-state index contributed by atoms with van der Waals surface area (Å²) in [6.07, 6.45) is 9.80. The number of nitrogens with two attached hydrogens (primary N) is 1. The van der Waals surface area contributed by atoms with Crippen molar-refractivity contribution < 1.29 is 14.9 Å². The van der Waals surface area contributed by atoms with E-state index in [0.717, 1.165) is 42.1 Å². The molecule has 3 N–H and O–H groups in total. The van der Waals surface area contributed by atoms with Crippen molar-refractivity contribution in [3.05, 3.63) is 24.3 Å². The van der Waals surface area contributed by atoms with Gasteiger partial charge >= 0.3 is 0 Å². The van der Waals surface area contributed by atoms with E-state index in [9.17, 15) is 9.59 Å². The summed E-state index contributed by atoms with van der Waals surface area (Å²) in [5, 5.41) is 5.38. The molecule has 1 aromatic carbocycles. The maximum absolute atomic E-state index is 12.5. The molecule has 5 aliphatic rings. The highest BCUT2D eigenvalue weighted by Crippen LogP contribution is 2.54. The molecular weight excluding hydrogens is 338 g/mol. The summed E-state index contributed by atoms with van der Waals surface area (Å²) < 4.78 is 0. The molecule has 0 atom stereocenters. The van der Waals surface area contributed by atoms with Gasteiger partial charge in [-0.15, -0.1) is 0 Å². The van der Waals surface area contributed by atoms with Gasteiger partial charge in [0.1, 0.15) is 0 Å². The monoisotopic (exact) mass is 368 g/mol. The van der Waals surface area contributed by atoms with Gasteiger partial charge in [-0.1, -0.05) is 0 Å². The summed E-state index contributed by atoms with van der Waals surface area (Å²) in [5.41, 5.74) is 2.08. The van der Waals surface area contributed by atoms with Crippen LogP contribution in [-0.2, 0) is 9.59 Å². The van der Waals surface area contributed by atoms with Crippen LogP contribution in [0, 0.1) is 17.8 Å². The zero-order chi connectivity index (χ0) is 18.4. The van der Waals surface area contributed by atoms with Gasteiger partial charge in [-0.25, -0.2) is 0 Å². The Hall–Kier alpha value is -1.88. The van der Waals surface area contributed by atoms with Gasteiger partial charge in [-0.05, 0) is 67.7 Å². The van der Waals surface area contributed by atoms with Gasteiger partial charge in [0.2, 0.25) is 5.91 Å². The van der Waals surface area contributed by atoms with Crippen molar-refractivity contribution in [2.75, 3.05) is 23.3 Å². The Labute approximate surface area is 160 Å². The summed E-state index contributed by atoms with van der Waals surface area (Å²) in [6.45, 7) is 1.31. The molecule has 6 rings (SSSR count). The largest absolute Gasteiger partial charge is 0.334 e. The number of benzene rings is 1. The second kappa shape index (κ2) is 6.62. The first kappa shape index (κ1) is 17.2. The molecule has 0 aromatic heterocycles. The van der Waals surface area contributed by atoms with Crippen LogP contribution in [0.25, 0.3) is 0 Å². The zero-order valence-corrected chi connectivity index (χ0v) is 16.0. The quantitative estimate of drug-likeness (QED) is 0.837. The lowest BCUT2D eigenvalue weighted by atomic mass is 9.53. The number of carbonyl (C=O) groups excluding carboxylic acids is 2. The van der Waals surface area contributed by atoms with E-state index >= 15 is 0 Å². The molecule has 1 aliphatic heterocycles. The van der Waals surface area contributed by atoms with Crippen LogP contribution in [0.5, 0.6) is 0 Å². The predicted molar refractivity (Wildman–Crippen MR) is 104 cm³/mol. The molecule has 4 aliphatic carbocycles. The van der Waals surface area contributed by atoms with E-state index in [2.05, 4.69) is 10.6 Å². The van der Waals surface area contributed by atoms with E-state index in [-0.39, 0.29) is 11.8 Å². The highest BCUT2D eigenvalue weighted by atomic mass is 16.2. The first-order chi connectivity index (χ1) is 13.1. The summed E-state index contributed by atoms with van der Waals surface area (Å²) in [5.74, 6) is 3.01. The molecule has 2 amide bonds. The molecule has 27 heavy (non-hydrogen) atoms. The molecule has 1 aromatic rings. The van der Waals surface area contributed by atoms with Crippen LogP contribution in [0.4, 0.5) is 11.4 Å². The maximum Gasteiger partial charge on any atom is 0.279 e. The molecule has 5 fully saturated rings. The van der Waals surface area contributed by atoms with E-state index in [0.29, 0.717) is 18.5 Å². The lowest BCUT2D eigenvalue weighted by Gasteiger charge is -2.54. The highest BCUT2D eigenvalue weighted by molar-refractivity contribution is 5.96. The normalized spacial score (nSPS) is 34.3. The number of rotatable bonds is 5. The number of hydrogen-bond acceptors (Lipinski definition) is 2. The van der Waals surface area contributed by atoms with Gasteiger partial charge in [0.05, 0.1) is 5.54 Å². The molecule has 144 valence electrons. The average molecular weight is 369 g/mol. The van der Waals surface area contributed by atoms with Crippen LogP contribution < -0.4 is 15.5 Å². The lowest BCUT2D eigenvalue weighted by Crippen LogP contribution is -3.00. The number of quaternary nitrogens is 1. The first-order valence-electron chi connectivity index (χ1n) is 10.6. The maximum atomic E-state index is 12.5. The Kier molecular flexibility index (Phi) is 4.23. The molecule has 0 spiro atoms. The van der Waals surface area contributed by atoms with Crippen molar-refractivity contribution in [3.8, 4) is 0 Å². The fraction of sp³-hybridized carbons (Fsp3) is 0.636. The SMILES string of the molecule is O=C(C[NH2+]C12CC3CC(CC(C3)C1)C2)Nc1ccc(N2CCCC2=O)cc1. The minimum Gasteiger partial charge on any atom is -0.334 e. The molecule has 1 saturated heterocycles. The van der Waals surface area contributed by atoms with Gasteiger partial charge in [0, 0.05) is 43.6 Å². The van der Waals surface area contributed by atoms with Crippen molar-refractivity contribution in [2.24, 2.45) is 17.8 Å². The van der Waals surface area contributed by atoms with Crippen LogP contribution in [0.1, 0.15) is 51.4 Å². The van der Waals surface area contributed by atoms with E-state index in [1.54, 1.807) is 0 Å². The predicted octanol–water partition coefficient (Wildman–Crippen LogP) is 2.28. The molecule has 1 heterocycles. The molecule has 5 nitrogen and oxygen atoms in total. The van der Waals surface area contributed by atoms with Crippen LogP contribution in [-0.4, -0.2) is 30.4 Å². The van der Waals surface area contributed by atoms with E-state index in [1.165, 1.54) is 38.5 Å². The summed E-state index contributed by atoms with van der Waals surface area (Å²) in [4.78, 5) is 26.2.